The molecule has 0 atom stereocenters. The summed E-state index contributed by atoms with van der Waals surface area (Å²) in [5.74, 6) is 1.55. The van der Waals surface area contributed by atoms with Crippen molar-refractivity contribution < 1.29 is 9.59 Å². The van der Waals surface area contributed by atoms with E-state index in [9.17, 15) is 9.59 Å². The van der Waals surface area contributed by atoms with Gasteiger partial charge in [0.2, 0.25) is 5.91 Å². The van der Waals surface area contributed by atoms with Crippen LogP contribution in [0.1, 0.15) is 35.9 Å². The van der Waals surface area contributed by atoms with Crippen LogP contribution in [-0.2, 0) is 17.8 Å². The van der Waals surface area contributed by atoms with Gasteiger partial charge in [0.25, 0.3) is 5.91 Å². The van der Waals surface area contributed by atoms with Gasteiger partial charge in [0, 0.05) is 31.6 Å². The molecule has 30 heavy (non-hydrogen) atoms. The highest BCUT2D eigenvalue weighted by molar-refractivity contribution is 5.94. The molecular formula is C24H28N4O2. The fourth-order valence-corrected chi connectivity index (χ4v) is 3.97. The van der Waals surface area contributed by atoms with Gasteiger partial charge in [-0.05, 0) is 43.0 Å². The second-order valence-corrected chi connectivity index (χ2v) is 8.04. The summed E-state index contributed by atoms with van der Waals surface area (Å²) >= 11 is 0. The molecule has 0 unspecified atom stereocenters. The van der Waals surface area contributed by atoms with Gasteiger partial charge in [0.05, 0.1) is 11.0 Å². The molecule has 0 spiro atoms. The summed E-state index contributed by atoms with van der Waals surface area (Å²) in [6.07, 6.45) is 2.70. The average molecular weight is 405 g/mol. The van der Waals surface area contributed by atoms with Gasteiger partial charge in [-0.3, -0.25) is 9.59 Å². The van der Waals surface area contributed by atoms with E-state index in [-0.39, 0.29) is 18.4 Å². The number of imidazole rings is 1. The molecule has 0 bridgehead atoms. The van der Waals surface area contributed by atoms with Gasteiger partial charge in [-0.25, -0.2) is 4.98 Å². The molecule has 1 fully saturated rings. The minimum absolute atomic E-state index is 0.100. The van der Waals surface area contributed by atoms with Crippen LogP contribution in [0.4, 0.5) is 0 Å². The first-order valence-corrected chi connectivity index (χ1v) is 10.7. The number of amides is 2. The highest BCUT2D eigenvalue weighted by Gasteiger charge is 2.22. The zero-order valence-corrected chi connectivity index (χ0v) is 17.4. The summed E-state index contributed by atoms with van der Waals surface area (Å²) in [5.41, 5.74) is 2.48. The van der Waals surface area contributed by atoms with Crippen molar-refractivity contribution in [2.75, 3.05) is 19.6 Å². The number of hydrogen-bond acceptors (Lipinski definition) is 3. The maximum Gasteiger partial charge on any atom is 0.251 e. The van der Waals surface area contributed by atoms with E-state index in [0.717, 1.165) is 42.8 Å². The molecule has 1 aliphatic heterocycles. The van der Waals surface area contributed by atoms with Crippen LogP contribution in [0.2, 0.25) is 0 Å². The number of fused-ring (bicyclic) bond motifs is 1. The van der Waals surface area contributed by atoms with Gasteiger partial charge >= 0.3 is 0 Å². The minimum Gasteiger partial charge on any atom is -0.352 e. The Morgan fingerprint density at radius 1 is 1.03 bits per heavy atom. The number of hydrogen-bond donors (Lipinski definition) is 1. The minimum atomic E-state index is -0.100. The summed E-state index contributed by atoms with van der Waals surface area (Å²) in [4.78, 5) is 31.9. The Bertz CT molecular complexity index is 1020. The van der Waals surface area contributed by atoms with Gasteiger partial charge in [0.1, 0.15) is 12.4 Å². The lowest BCUT2D eigenvalue weighted by Gasteiger charge is -2.30. The van der Waals surface area contributed by atoms with Gasteiger partial charge in [-0.15, -0.1) is 0 Å². The molecule has 156 valence electrons. The molecule has 6 nitrogen and oxygen atoms in total. The third kappa shape index (κ3) is 4.53. The van der Waals surface area contributed by atoms with Crippen LogP contribution >= 0.6 is 0 Å². The Balaban J connectivity index is 1.46. The van der Waals surface area contributed by atoms with Gasteiger partial charge in [0.15, 0.2) is 0 Å². The summed E-state index contributed by atoms with van der Waals surface area (Å²) in [6.45, 7) is 4.65. The maximum atomic E-state index is 12.9. The quantitative estimate of drug-likeness (QED) is 0.686. The summed E-state index contributed by atoms with van der Waals surface area (Å²) < 4.78 is 2.00. The van der Waals surface area contributed by atoms with Crippen LogP contribution in [0, 0.1) is 5.92 Å². The monoisotopic (exact) mass is 404 g/mol. The molecule has 0 saturated carbocycles. The van der Waals surface area contributed by atoms with Crippen molar-refractivity contribution in [2.45, 2.75) is 32.7 Å². The van der Waals surface area contributed by atoms with Crippen LogP contribution in [0.15, 0.2) is 54.6 Å². The number of para-hydroxylation sites is 2. The van der Waals surface area contributed by atoms with Crippen molar-refractivity contribution in [3.8, 4) is 0 Å². The van der Waals surface area contributed by atoms with Crippen LogP contribution in [0.5, 0.6) is 0 Å². The van der Waals surface area contributed by atoms with Gasteiger partial charge in [-0.1, -0.05) is 37.3 Å². The number of nitrogens with one attached hydrogen (secondary N) is 1. The van der Waals surface area contributed by atoms with E-state index in [1.165, 1.54) is 0 Å². The maximum absolute atomic E-state index is 12.9. The molecule has 2 amide bonds. The lowest BCUT2D eigenvalue weighted by atomic mass is 9.99. The average Bonchev–Trinajstić information content (AvgIpc) is 3.12. The molecule has 2 heterocycles. The number of likely N-dealkylation sites (tertiary alicyclic amines) is 1. The largest absolute Gasteiger partial charge is 0.352 e. The number of piperidine rings is 1. The third-order valence-corrected chi connectivity index (χ3v) is 5.83. The van der Waals surface area contributed by atoms with Crippen LogP contribution < -0.4 is 5.32 Å². The molecule has 6 heteroatoms. The molecule has 1 N–H and O–H groups in total. The third-order valence-electron chi connectivity index (χ3n) is 5.83. The zero-order valence-electron chi connectivity index (χ0n) is 17.4. The molecule has 2 aromatic carbocycles. The van der Waals surface area contributed by atoms with Crippen LogP contribution in [-0.4, -0.2) is 45.9 Å². The Kier molecular flexibility index (Phi) is 6.12. The summed E-state index contributed by atoms with van der Waals surface area (Å²) in [5, 5.41) is 2.95. The molecule has 1 aliphatic rings. The number of aromatic nitrogens is 2. The topological polar surface area (TPSA) is 67.2 Å². The highest BCUT2D eigenvalue weighted by Crippen LogP contribution is 2.19. The van der Waals surface area contributed by atoms with Crippen LogP contribution in [0.25, 0.3) is 11.0 Å². The lowest BCUT2D eigenvalue weighted by Crippen LogP contribution is -2.40. The molecule has 3 aromatic rings. The first kappa shape index (κ1) is 20.1. The fourth-order valence-electron chi connectivity index (χ4n) is 3.97. The molecule has 4 rings (SSSR count). The predicted octanol–water partition coefficient (Wildman–Crippen LogP) is 3.27. The van der Waals surface area contributed by atoms with E-state index in [2.05, 4.69) is 12.2 Å². The second-order valence-electron chi connectivity index (χ2n) is 8.04. The van der Waals surface area contributed by atoms with Crippen LogP contribution in [0.3, 0.4) is 0 Å². The Labute approximate surface area is 176 Å². The molecule has 0 radical (unpaired) electrons. The molecule has 1 aromatic heterocycles. The highest BCUT2D eigenvalue weighted by atomic mass is 16.2. The predicted molar refractivity (Wildman–Crippen MR) is 117 cm³/mol. The Morgan fingerprint density at radius 3 is 2.50 bits per heavy atom. The normalized spacial score (nSPS) is 14.8. The van der Waals surface area contributed by atoms with Gasteiger partial charge in [-0.2, -0.15) is 0 Å². The van der Waals surface area contributed by atoms with Crippen molar-refractivity contribution in [1.82, 2.24) is 19.8 Å². The van der Waals surface area contributed by atoms with Crippen molar-refractivity contribution in [3.63, 3.8) is 0 Å². The van der Waals surface area contributed by atoms with Crippen molar-refractivity contribution in [1.29, 1.82) is 0 Å². The lowest BCUT2D eigenvalue weighted by molar-refractivity contribution is -0.133. The Morgan fingerprint density at radius 2 is 1.73 bits per heavy atom. The van der Waals surface area contributed by atoms with E-state index in [0.29, 0.717) is 24.4 Å². The van der Waals surface area contributed by atoms with Gasteiger partial charge < -0.3 is 14.8 Å². The molecular weight excluding hydrogens is 376 g/mol. The first-order chi connectivity index (χ1) is 14.6. The van der Waals surface area contributed by atoms with E-state index < -0.39 is 0 Å². The fraction of sp³-hybridized carbons (Fsp3) is 0.375. The molecule has 1 saturated heterocycles. The van der Waals surface area contributed by atoms with Crippen molar-refractivity contribution in [2.24, 2.45) is 5.92 Å². The molecule has 0 aliphatic carbocycles. The second kappa shape index (κ2) is 9.11. The summed E-state index contributed by atoms with van der Waals surface area (Å²) in [6, 6.07) is 17.1. The van der Waals surface area contributed by atoms with E-state index in [4.69, 9.17) is 4.98 Å². The van der Waals surface area contributed by atoms with Crippen molar-refractivity contribution >= 4 is 22.8 Å². The number of carbonyl (C=O) groups is 2. The number of carbonyl (C=O) groups excluding carboxylic acids is 2. The van der Waals surface area contributed by atoms with Crippen molar-refractivity contribution in [3.05, 3.63) is 66.0 Å². The van der Waals surface area contributed by atoms with E-state index >= 15 is 0 Å². The zero-order chi connectivity index (χ0) is 20.9. The number of benzene rings is 2. The Hall–Kier alpha value is -3.15. The smallest absolute Gasteiger partial charge is 0.251 e. The van der Waals surface area contributed by atoms with E-state index in [1.807, 2.05) is 51.9 Å². The summed E-state index contributed by atoms with van der Waals surface area (Å²) in [7, 11) is 0. The SMILES string of the molecule is CC1CCN(C(=O)Cn2c(CCNC(=O)c3ccccc3)nc3ccccc32)CC1. The first-order valence-electron chi connectivity index (χ1n) is 10.7. The standard InChI is InChI=1S/C24H28N4O2/c1-18-12-15-27(16-13-18)23(29)17-28-21-10-6-5-9-20(21)26-22(28)11-14-25-24(30)19-7-3-2-4-8-19/h2-10,18H,11-17H2,1H3,(H,25,30). The number of nitrogens with zero attached hydrogens (tertiary/aromatic N) is 3. The van der Waals surface area contributed by atoms with E-state index in [1.54, 1.807) is 12.1 Å². The number of rotatable bonds is 6.